The SMILES string of the molecule is CSCC(C)Cn1c(CCl)nc2cc(F)ccc21. The summed E-state index contributed by atoms with van der Waals surface area (Å²) in [6.45, 7) is 3.06. The lowest BCUT2D eigenvalue weighted by Crippen LogP contribution is -2.12. The van der Waals surface area contributed by atoms with Crippen molar-refractivity contribution >= 4 is 34.4 Å². The van der Waals surface area contributed by atoms with Crippen LogP contribution >= 0.6 is 23.4 Å². The summed E-state index contributed by atoms with van der Waals surface area (Å²) >= 11 is 7.75. The molecule has 0 aliphatic rings. The van der Waals surface area contributed by atoms with Crippen molar-refractivity contribution in [2.45, 2.75) is 19.3 Å². The molecule has 0 fully saturated rings. The first-order chi connectivity index (χ1) is 8.65. The molecule has 0 bridgehead atoms. The molecule has 0 N–H and O–H groups in total. The van der Waals surface area contributed by atoms with Gasteiger partial charge < -0.3 is 4.57 Å². The van der Waals surface area contributed by atoms with Gasteiger partial charge in [0.15, 0.2) is 0 Å². The zero-order valence-electron chi connectivity index (χ0n) is 10.5. The molecule has 1 aromatic heterocycles. The Labute approximate surface area is 116 Å². The molecule has 0 amide bonds. The van der Waals surface area contributed by atoms with Crippen LogP contribution in [0.5, 0.6) is 0 Å². The molecule has 0 aliphatic heterocycles. The Bertz CT molecular complexity index is 541. The van der Waals surface area contributed by atoms with Gasteiger partial charge in [-0.1, -0.05) is 6.92 Å². The second-order valence-electron chi connectivity index (χ2n) is 4.47. The van der Waals surface area contributed by atoms with E-state index in [9.17, 15) is 4.39 Å². The highest BCUT2D eigenvalue weighted by atomic mass is 35.5. The van der Waals surface area contributed by atoms with Crippen LogP contribution in [0.3, 0.4) is 0 Å². The maximum atomic E-state index is 13.2. The Morgan fingerprint density at radius 1 is 1.50 bits per heavy atom. The average Bonchev–Trinajstić information content (AvgIpc) is 2.66. The Morgan fingerprint density at radius 3 is 2.94 bits per heavy atom. The predicted octanol–water partition coefficient (Wildman–Crippen LogP) is 3.91. The zero-order valence-corrected chi connectivity index (χ0v) is 12.1. The molecule has 0 radical (unpaired) electrons. The first-order valence-electron chi connectivity index (χ1n) is 5.85. The molecule has 18 heavy (non-hydrogen) atoms. The fourth-order valence-electron chi connectivity index (χ4n) is 2.11. The molecule has 1 aromatic carbocycles. The van der Waals surface area contributed by atoms with Gasteiger partial charge in [-0.15, -0.1) is 11.6 Å². The van der Waals surface area contributed by atoms with Gasteiger partial charge in [0.05, 0.1) is 16.9 Å². The Morgan fingerprint density at radius 2 is 2.28 bits per heavy atom. The fraction of sp³-hybridized carbons (Fsp3) is 0.462. The van der Waals surface area contributed by atoms with E-state index < -0.39 is 0 Å². The van der Waals surface area contributed by atoms with Crippen molar-refractivity contribution in [3.63, 3.8) is 0 Å². The van der Waals surface area contributed by atoms with Gasteiger partial charge in [-0.05, 0) is 30.1 Å². The van der Waals surface area contributed by atoms with Crippen molar-refractivity contribution < 1.29 is 4.39 Å². The molecule has 0 saturated carbocycles. The quantitative estimate of drug-likeness (QED) is 0.776. The van der Waals surface area contributed by atoms with Crippen molar-refractivity contribution in [3.05, 3.63) is 29.8 Å². The van der Waals surface area contributed by atoms with Crippen LogP contribution in [-0.4, -0.2) is 21.6 Å². The van der Waals surface area contributed by atoms with Crippen molar-refractivity contribution in [2.75, 3.05) is 12.0 Å². The van der Waals surface area contributed by atoms with Crippen LogP contribution in [-0.2, 0) is 12.4 Å². The van der Waals surface area contributed by atoms with Gasteiger partial charge >= 0.3 is 0 Å². The molecular weight excluding hydrogens is 271 g/mol. The summed E-state index contributed by atoms with van der Waals surface area (Å²) in [4.78, 5) is 4.39. The number of rotatable bonds is 5. The minimum Gasteiger partial charge on any atom is -0.327 e. The molecule has 98 valence electrons. The summed E-state index contributed by atoms with van der Waals surface area (Å²) in [5.74, 6) is 2.52. The summed E-state index contributed by atoms with van der Waals surface area (Å²) in [5, 5.41) is 0. The first kappa shape index (κ1) is 13.7. The van der Waals surface area contributed by atoms with Crippen LogP contribution in [0.15, 0.2) is 18.2 Å². The van der Waals surface area contributed by atoms with Crippen LogP contribution in [0.4, 0.5) is 4.39 Å². The highest BCUT2D eigenvalue weighted by molar-refractivity contribution is 7.98. The maximum Gasteiger partial charge on any atom is 0.125 e. The van der Waals surface area contributed by atoms with Gasteiger partial charge in [0.25, 0.3) is 0 Å². The highest BCUT2D eigenvalue weighted by Gasteiger charge is 2.13. The second-order valence-corrected chi connectivity index (χ2v) is 5.64. The third kappa shape index (κ3) is 2.81. The van der Waals surface area contributed by atoms with Gasteiger partial charge in [-0.25, -0.2) is 9.37 Å². The number of fused-ring (bicyclic) bond motifs is 1. The molecular formula is C13H16ClFN2S. The minimum atomic E-state index is -0.259. The van der Waals surface area contributed by atoms with E-state index >= 15 is 0 Å². The van der Waals surface area contributed by atoms with Gasteiger partial charge in [0.2, 0.25) is 0 Å². The van der Waals surface area contributed by atoms with E-state index in [1.165, 1.54) is 12.1 Å². The number of aromatic nitrogens is 2. The zero-order chi connectivity index (χ0) is 13.1. The topological polar surface area (TPSA) is 17.8 Å². The highest BCUT2D eigenvalue weighted by Crippen LogP contribution is 2.21. The van der Waals surface area contributed by atoms with Gasteiger partial charge in [0, 0.05) is 12.6 Å². The summed E-state index contributed by atoms with van der Waals surface area (Å²) < 4.78 is 15.3. The normalized spacial score (nSPS) is 13.1. The Hall–Kier alpha value is -0.740. The van der Waals surface area contributed by atoms with Crippen LogP contribution in [0.25, 0.3) is 11.0 Å². The van der Waals surface area contributed by atoms with Crippen molar-refractivity contribution in [3.8, 4) is 0 Å². The standard InChI is InChI=1S/C13H16ClFN2S/c1-9(8-18-2)7-17-12-4-3-10(15)5-11(12)16-13(17)6-14/h3-5,9H,6-8H2,1-2H3. The van der Waals surface area contributed by atoms with E-state index in [1.54, 1.807) is 6.07 Å². The number of alkyl halides is 1. The minimum absolute atomic E-state index is 0.259. The number of imidazole rings is 1. The monoisotopic (exact) mass is 286 g/mol. The van der Waals surface area contributed by atoms with Crippen molar-refractivity contribution in [1.29, 1.82) is 0 Å². The molecule has 2 aromatic rings. The lowest BCUT2D eigenvalue weighted by Gasteiger charge is -2.13. The molecule has 1 unspecified atom stereocenters. The number of thioether (sulfide) groups is 1. The van der Waals surface area contributed by atoms with E-state index in [0.717, 1.165) is 23.6 Å². The lowest BCUT2D eigenvalue weighted by molar-refractivity contribution is 0.530. The van der Waals surface area contributed by atoms with E-state index in [1.807, 2.05) is 11.8 Å². The summed E-state index contributed by atoms with van der Waals surface area (Å²) in [6, 6.07) is 4.71. The molecule has 2 rings (SSSR count). The fourth-order valence-corrected chi connectivity index (χ4v) is 2.99. The molecule has 1 heterocycles. The van der Waals surface area contributed by atoms with E-state index in [-0.39, 0.29) is 5.82 Å². The van der Waals surface area contributed by atoms with Gasteiger partial charge in [-0.3, -0.25) is 0 Å². The van der Waals surface area contributed by atoms with E-state index in [2.05, 4.69) is 22.7 Å². The number of hydrogen-bond donors (Lipinski definition) is 0. The maximum absolute atomic E-state index is 13.2. The molecule has 0 spiro atoms. The largest absolute Gasteiger partial charge is 0.327 e. The third-order valence-corrected chi connectivity index (χ3v) is 4.00. The number of halogens is 2. The van der Waals surface area contributed by atoms with Gasteiger partial charge in [-0.2, -0.15) is 11.8 Å². The number of benzene rings is 1. The average molecular weight is 287 g/mol. The van der Waals surface area contributed by atoms with E-state index in [4.69, 9.17) is 11.6 Å². The molecule has 1 atom stereocenters. The molecule has 2 nitrogen and oxygen atoms in total. The number of hydrogen-bond acceptors (Lipinski definition) is 2. The van der Waals surface area contributed by atoms with Crippen LogP contribution in [0.2, 0.25) is 0 Å². The van der Waals surface area contributed by atoms with E-state index in [0.29, 0.717) is 17.3 Å². The number of nitrogens with zero attached hydrogens (tertiary/aromatic N) is 2. The Kier molecular flexibility index (Phi) is 4.51. The smallest absolute Gasteiger partial charge is 0.125 e. The molecule has 5 heteroatoms. The van der Waals surface area contributed by atoms with Crippen LogP contribution in [0, 0.1) is 11.7 Å². The van der Waals surface area contributed by atoms with Crippen LogP contribution in [0.1, 0.15) is 12.7 Å². The van der Waals surface area contributed by atoms with Crippen LogP contribution < -0.4 is 0 Å². The lowest BCUT2D eigenvalue weighted by atomic mass is 10.2. The van der Waals surface area contributed by atoms with Crippen molar-refractivity contribution in [1.82, 2.24) is 9.55 Å². The summed E-state index contributed by atoms with van der Waals surface area (Å²) in [5.41, 5.74) is 1.64. The van der Waals surface area contributed by atoms with Gasteiger partial charge in [0.1, 0.15) is 11.6 Å². The second kappa shape index (κ2) is 5.93. The third-order valence-electron chi connectivity index (χ3n) is 2.85. The summed E-state index contributed by atoms with van der Waals surface area (Å²) in [6.07, 6.45) is 2.10. The molecule has 0 saturated heterocycles. The molecule has 0 aliphatic carbocycles. The Balaban J connectivity index is 2.40. The first-order valence-corrected chi connectivity index (χ1v) is 7.78. The van der Waals surface area contributed by atoms with Crippen molar-refractivity contribution in [2.24, 2.45) is 5.92 Å². The summed E-state index contributed by atoms with van der Waals surface area (Å²) in [7, 11) is 0. The predicted molar refractivity (Wildman–Crippen MR) is 76.8 cm³/mol.